The Morgan fingerprint density at radius 1 is 1.10 bits per heavy atom. The van der Waals surface area contributed by atoms with E-state index in [0.29, 0.717) is 13.0 Å². The van der Waals surface area contributed by atoms with Gasteiger partial charge in [0.05, 0.1) is 7.11 Å². The number of hydrogen-bond acceptors (Lipinski definition) is 6. The van der Waals surface area contributed by atoms with Gasteiger partial charge in [0.15, 0.2) is 17.3 Å². The van der Waals surface area contributed by atoms with Crippen LogP contribution in [0.4, 0.5) is 0 Å². The molecular formula is C22H23NO6S. The highest BCUT2D eigenvalue weighted by molar-refractivity contribution is 7.89. The first kappa shape index (κ1) is 20.4. The molecule has 2 aromatic carbocycles. The van der Waals surface area contributed by atoms with Gasteiger partial charge in [0, 0.05) is 13.1 Å². The molecule has 2 aliphatic rings. The van der Waals surface area contributed by atoms with E-state index in [4.69, 9.17) is 9.47 Å². The van der Waals surface area contributed by atoms with Crippen LogP contribution in [0.3, 0.4) is 0 Å². The summed E-state index contributed by atoms with van der Waals surface area (Å²) >= 11 is 0. The van der Waals surface area contributed by atoms with Crippen molar-refractivity contribution in [2.24, 2.45) is 0 Å². The Morgan fingerprint density at radius 2 is 1.87 bits per heavy atom. The molecule has 7 nitrogen and oxygen atoms in total. The first-order valence-corrected chi connectivity index (χ1v) is 11.2. The van der Waals surface area contributed by atoms with Crippen molar-refractivity contribution in [1.29, 1.82) is 0 Å². The molecule has 0 aromatic heterocycles. The number of aryl methyl sites for hydroxylation is 1. The number of carbonyl (C=O) groups excluding carboxylic acids is 1. The highest BCUT2D eigenvalue weighted by atomic mass is 32.2. The number of ether oxygens (including phenoxy) is 3. The lowest BCUT2D eigenvalue weighted by molar-refractivity contribution is -0.137. The predicted molar refractivity (Wildman–Crippen MR) is 113 cm³/mol. The van der Waals surface area contributed by atoms with E-state index < -0.39 is 21.7 Å². The first-order valence-electron chi connectivity index (χ1n) is 9.62. The minimum Gasteiger partial charge on any atom is -0.468 e. The number of sulfonamides is 1. The van der Waals surface area contributed by atoms with E-state index in [-0.39, 0.29) is 13.3 Å². The molecule has 0 bridgehead atoms. The van der Waals surface area contributed by atoms with Crippen molar-refractivity contribution in [1.82, 2.24) is 4.31 Å². The average molecular weight is 429 g/mol. The van der Waals surface area contributed by atoms with Crippen LogP contribution in [0, 0.1) is 6.92 Å². The van der Waals surface area contributed by atoms with E-state index >= 15 is 0 Å². The highest BCUT2D eigenvalue weighted by Gasteiger charge is 2.27. The normalized spacial score (nSPS) is 16.3. The van der Waals surface area contributed by atoms with Gasteiger partial charge < -0.3 is 14.2 Å². The summed E-state index contributed by atoms with van der Waals surface area (Å²) in [6.07, 6.45) is 2.50. The molecule has 0 fully saturated rings. The molecule has 0 saturated heterocycles. The number of carbonyl (C=O) groups is 1. The van der Waals surface area contributed by atoms with Crippen LogP contribution in [0.15, 0.2) is 42.5 Å². The zero-order chi connectivity index (χ0) is 21.3. The molecule has 0 spiro atoms. The van der Waals surface area contributed by atoms with Crippen molar-refractivity contribution >= 4 is 21.6 Å². The lowest BCUT2D eigenvalue weighted by Gasteiger charge is -2.25. The van der Waals surface area contributed by atoms with E-state index in [9.17, 15) is 13.2 Å². The summed E-state index contributed by atoms with van der Waals surface area (Å²) in [6.45, 7) is 2.89. The monoisotopic (exact) mass is 429 g/mol. The molecule has 0 N–H and O–H groups in total. The summed E-state index contributed by atoms with van der Waals surface area (Å²) in [4.78, 5) is 11.3. The van der Waals surface area contributed by atoms with Crippen LogP contribution in [0.5, 0.6) is 11.5 Å². The minimum atomic E-state index is -3.66. The standard InChI is InChI=1S/C22H23NO6S/c1-15-11-17(3-5-19(15)18-4-6-20-21(12-18)29-14-28-20)16-7-9-23(10-8-16)30(25,26)13-22(24)27-2/h3-7,11-12H,8-10,13-14H2,1-2H3. The lowest BCUT2D eigenvalue weighted by atomic mass is 9.93. The van der Waals surface area contributed by atoms with Crippen molar-refractivity contribution in [3.8, 4) is 22.6 Å². The molecule has 30 heavy (non-hydrogen) atoms. The van der Waals surface area contributed by atoms with Gasteiger partial charge in [-0.3, -0.25) is 4.79 Å². The molecule has 0 saturated carbocycles. The summed E-state index contributed by atoms with van der Waals surface area (Å²) < 4.78 is 41.3. The number of hydrogen-bond donors (Lipinski definition) is 0. The third-order valence-electron chi connectivity index (χ3n) is 5.37. The molecule has 8 heteroatoms. The minimum absolute atomic E-state index is 0.247. The fraction of sp³-hybridized carbons (Fsp3) is 0.318. The molecule has 0 unspecified atom stereocenters. The van der Waals surface area contributed by atoms with Gasteiger partial charge in [0.25, 0.3) is 0 Å². The zero-order valence-corrected chi connectivity index (χ0v) is 17.7. The number of benzene rings is 2. The van der Waals surface area contributed by atoms with E-state index in [1.54, 1.807) is 0 Å². The molecule has 2 heterocycles. The third kappa shape index (κ3) is 4.06. The molecule has 0 aliphatic carbocycles. The van der Waals surface area contributed by atoms with E-state index in [0.717, 1.165) is 39.3 Å². The van der Waals surface area contributed by atoms with Gasteiger partial charge in [0.2, 0.25) is 16.8 Å². The van der Waals surface area contributed by atoms with E-state index in [1.165, 1.54) is 11.4 Å². The maximum atomic E-state index is 12.3. The second-order valence-corrected chi connectivity index (χ2v) is 9.24. The van der Waals surface area contributed by atoms with Crippen molar-refractivity contribution < 1.29 is 27.4 Å². The van der Waals surface area contributed by atoms with Crippen LogP contribution in [-0.2, 0) is 19.6 Å². The maximum absolute atomic E-state index is 12.3. The molecule has 0 amide bonds. The fourth-order valence-corrected chi connectivity index (χ4v) is 4.99. The first-order chi connectivity index (χ1) is 14.4. The Labute approximate surface area is 175 Å². The van der Waals surface area contributed by atoms with Gasteiger partial charge in [-0.25, -0.2) is 8.42 Å². The number of rotatable bonds is 5. The summed E-state index contributed by atoms with van der Waals surface area (Å²) in [5.41, 5.74) is 5.45. The van der Waals surface area contributed by atoms with Gasteiger partial charge >= 0.3 is 5.97 Å². The predicted octanol–water partition coefficient (Wildman–Crippen LogP) is 2.98. The largest absolute Gasteiger partial charge is 0.468 e. The number of nitrogens with zero attached hydrogens (tertiary/aromatic N) is 1. The molecule has 0 atom stereocenters. The van der Waals surface area contributed by atoms with Crippen molar-refractivity contribution in [2.45, 2.75) is 13.3 Å². The number of esters is 1. The van der Waals surface area contributed by atoms with Crippen LogP contribution in [0.1, 0.15) is 17.5 Å². The average Bonchev–Trinajstić information content (AvgIpc) is 3.21. The van der Waals surface area contributed by atoms with Crippen molar-refractivity contribution in [3.05, 3.63) is 53.6 Å². The zero-order valence-electron chi connectivity index (χ0n) is 16.9. The van der Waals surface area contributed by atoms with Gasteiger partial charge in [-0.05, 0) is 53.3 Å². The Balaban J connectivity index is 1.51. The fourth-order valence-electron chi connectivity index (χ4n) is 3.72. The molecule has 0 radical (unpaired) electrons. The summed E-state index contributed by atoms with van der Waals surface area (Å²) in [5.74, 6) is 0.126. The van der Waals surface area contributed by atoms with Crippen LogP contribution in [0.25, 0.3) is 16.7 Å². The topological polar surface area (TPSA) is 82.1 Å². The Kier molecular flexibility index (Phi) is 5.53. The Hall–Kier alpha value is -2.84. The third-order valence-corrected chi connectivity index (χ3v) is 7.09. The Morgan fingerprint density at radius 3 is 2.57 bits per heavy atom. The summed E-state index contributed by atoms with van der Waals surface area (Å²) in [7, 11) is -2.48. The molecule has 158 valence electrons. The molecular weight excluding hydrogens is 406 g/mol. The molecule has 2 aliphatic heterocycles. The van der Waals surface area contributed by atoms with Gasteiger partial charge in [-0.2, -0.15) is 4.31 Å². The highest BCUT2D eigenvalue weighted by Crippen LogP contribution is 2.37. The van der Waals surface area contributed by atoms with E-state index in [2.05, 4.69) is 29.9 Å². The molecule has 2 aromatic rings. The van der Waals surface area contributed by atoms with Gasteiger partial charge in [-0.1, -0.05) is 30.3 Å². The van der Waals surface area contributed by atoms with Gasteiger partial charge in [-0.15, -0.1) is 0 Å². The quantitative estimate of drug-likeness (QED) is 0.680. The number of methoxy groups -OCH3 is 1. The van der Waals surface area contributed by atoms with Crippen LogP contribution < -0.4 is 9.47 Å². The van der Waals surface area contributed by atoms with E-state index in [1.807, 2.05) is 24.3 Å². The summed E-state index contributed by atoms with van der Waals surface area (Å²) in [5, 5.41) is 0. The Bertz CT molecular complexity index is 1120. The molecule has 4 rings (SSSR count). The summed E-state index contributed by atoms with van der Waals surface area (Å²) in [6, 6.07) is 12.1. The van der Waals surface area contributed by atoms with Gasteiger partial charge in [0.1, 0.15) is 0 Å². The van der Waals surface area contributed by atoms with Crippen LogP contribution >= 0.6 is 0 Å². The lowest BCUT2D eigenvalue weighted by Crippen LogP contribution is -2.38. The SMILES string of the molecule is COC(=O)CS(=O)(=O)N1CC=C(c2ccc(-c3ccc4c(c3)OCO4)c(C)c2)CC1. The van der Waals surface area contributed by atoms with Crippen molar-refractivity contribution in [3.63, 3.8) is 0 Å². The smallest absolute Gasteiger partial charge is 0.322 e. The second kappa shape index (κ2) is 8.12. The van der Waals surface area contributed by atoms with Crippen LogP contribution in [-0.4, -0.2) is 51.4 Å². The second-order valence-electron chi connectivity index (χ2n) is 7.27. The number of fused-ring (bicyclic) bond motifs is 1. The maximum Gasteiger partial charge on any atom is 0.322 e. The van der Waals surface area contributed by atoms with Crippen LogP contribution in [0.2, 0.25) is 0 Å². The van der Waals surface area contributed by atoms with Crippen molar-refractivity contribution in [2.75, 3.05) is 32.7 Å².